The maximum Gasteiger partial charge on any atom is 0.146 e. The molecule has 0 saturated heterocycles. The zero-order valence-corrected chi connectivity index (χ0v) is 16.1. The number of nitrogens with two attached hydrogens (primary N) is 1. The molecule has 25 heavy (non-hydrogen) atoms. The van der Waals surface area contributed by atoms with Crippen molar-refractivity contribution >= 4 is 21.6 Å². The van der Waals surface area contributed by atoms with E-state index in [1.54, 1.807) is 11.3 Å². The van der Waals surface area contributed by atoms with Crippen LogP contribution < -0.4 is 10.5 Å². The maximum absolute atomic E-state index is 6.37. The van der Waals surface area contributed by atoms with Crippen LogP contribution in [-0.4, -0.2) is 22.1 Å². The Labute approximate surface area is 153 Å². The first-order chi connectivity index (χ1) is 11.9. The number of benzene rings is 1. The molecule has 1 aromatic carbocycles. The highest BCUT2D eigenvalue weighted by molar-refractivity contribution is 7.17. The van der Waals surface area contributed by atoms with Crippen molar-refractivity contribution in [2.45, 2.75) is 39.7 Å². The zero-order chi connectivity index (χ0) is 18.0. The van der Waals surface area contributed by atoms with E-state index in [2.05, 4.69) is 35.9 Å². The molecule has 2 aromatic heterocycles. The summed E-state index contributed by atoms with van der Waals surface area (Å²) in [5.74, 6) is 1.33. The third-order valence-corrected chi connectivity index (χ3v) is 4.95. The molecular weight excluding hydrogens is 330 g/mol. The van der Waals surface area contributed by atoms with Crippen molar-refractivity contribution in [1.82, 2.24) is 9.97 Å². The second kappa shape index (κ2) is 7.10. The second-order valence-corrected chi connectivity index (χ2v) is 8.22. The Kier molecular flexibility index (Phi) is 5.06. The fourth-order valence-corrected chi connectivity index (χ4v) is 4.06. The van der Waals surface area contributed by atoms with Gasteiger partial charge in [0, 0.05) is 23.0 Å². The smallest absolute Gasteiger partial charge is 0.146 e. The molecule has 1 atom stereocenters. The van der Waals surface area contributed by atoms with Gasteiger partial charge in [0.05, 0.1) is 10.2 Å². The predicted molar refractivity (Wildman–Crippen MR) is 105 cm³/mol. The molecule has 3 rings (SSSR count). The van der Waals surface area contributed by atoms with Gasteiger partial charge in [0.2, 0.25) is 0 Å². The van der Waals surface area contributed by atoms with E-state index in [4.69, 9.17) is 10.5 Å². The number of pyridine rings is 1. The summed E-state index contributed by atoms with van der Waals surface area (Å²) in [4.78, 5) is 8.81. The molecule has 4 nitrogen and oxygen atoms in total. The summed E-state index contributed by atoms with van der Waals surface area (Å²) in [6.07, 6.45) is 2.76. The fraction of sp³-hybridized carbons (Fsp3) is 0.400. The highest BCUT2D eigenvalue weighted by Crippen LogP contribution is 2.36. The first-order valence-electron chi connectivity index (χ1n) is 8.57. The van der Waals surface area contributed by atoms with Gasteiger partial charge < -0.3 is 10.5 Å². The van der Waals surface area contributed by atoms with Crippen LogP contribution in [-0.2, 0) is 0 Å². The van der Waals surface area contributed by atoms with E-state index >= 15 is 0 Å². The standard InChI is InChI=1S/C20H25N3OS/c1-13(2)10-20(4,21)11-24-17-6-5-16(19-18(17)23-12-25-19)15-7-8-22-14(3)9-15/h5-9,12-13H,10-11,21H2,1-4H3/t20-/m0/s1. The highest BCUT2D eigenvalue weighted by Gasteiger charge is 2.22. The topological polar surface area (TPSA) is 61.0 Å². The maximum atomic E-state index is 6.37. The summed E-state index contributed by atoms with van der Waals surface area (Å²) in [7, 11) is 0. The van der Waals surface area contributed by atoms with Gasteiger partial charge in [0.1, 0.15) is 17.9 Å². The quantitative estimate of drug-likeness (QED) is 0.689. The van der Waals surface area contributed by atoms with Crippen molar-refractivity contribution in [3.05, 3.63) is 41.7 Å². The first kappa shape index (κ1) is 17.8. The number of ether oxygens (including phenoxy) is 1. The average Bonchev–Trinajstić information content (AvgIpc) is 3.01. The Morgan fingerprint density at radius 2 is 2.04 bits per heavy atom. The number of rotatable bonds is 6. The Bertz CT molecular complexity index is 870. The van der Waals surface area contributed by atoms with Gasteiger partial charge in [-0.3, -0.25) is 4.98 Å². The van der Waals surface area contributed by atoms with Crippen LogP contribution in [0.5, 0.6) is 5.75 Å². The lowest BCUT2D eigenvalue weighted by atomic mass is 9.93. The normalized spacial score (nSPS) is 14.0. The molecule has 2 heterocycles. The minimum Gasteiger partial charge on any atom is -0.489 e. The van der Waals surface area contributed by atoms with E-state index in [-0.39, 0.29) is 5.54 Å². The molecule has 2 N–H and O–H groups in total. The monoisotopic (exact) mass is 355 g/mol. The van der Waals surface area contributed by atoms with Gasteiger partial charge in [-0.25, -0.2) is 4.98 Å². The van der Waals surface area contributed by atoms with E-state index in [0.717, 1.165) is 39.2 Å². The van der Waals surface area contributed by atoms with E-state index in [1.165, 1.54) is 0 Å². The number of hydrogen-bond acceptors (Lipinski definition) is 5. The van der Waals surface area contributed by atoms with Gasteiger partial charge in [-0.05, 0) is 56.0 Å². The molecule has 0 unspecified atom stereocenters. The van der Waals surface area contributed by atoms with Crippen LogP contribution in [0.1, 0.15) is 32.9 Å². The summed E-state index contributed by atoms with van der Waals surface area (Å²) in [6.45, 7) is 8.87. The summed E-state index contributed by atoms with van der Waals surface area (Å²) < 4.78 is 7.19. The van der Waals surface area contributed by atoms with Crippen LogP contribution in [0.2, 0.25) is 0 Å². The van der Waals surface area contributed by atoms with Crippen LogP contribution in [0, 0.1) is 12.8 Å². The van der Waals surface area contributed by atoms with Crippen LogP contribution in [0.4, 0.5) is 0 Å². The van der Waals surface area contributed by atoms with Crippen molar-refractivity contribution in [2.75, 3.05) is 6.61 Å². The van der Waals surface area contributed by atoms with Gasteiger partial charge in [-0.2, -0.15) is 0 Å². The van der Waals surface area contributed by atoms with Gasteiger partial charge in [0.25, 0.3) is 0 Å². The number of nitrogens with zero attached hydrogens (tertiary/aromatic N) is 2. The molecule has 0 fully saturated rings. The second-order valence-electron chi connectivity index (χ2n) is 7.37. The number of aryl methyl sites for hydroxylation is 1. The van der Waals surface area contributed by atoms with Crippen LogP contribution in [0.25, 0.3) is 21.3 Å². The van der Waals surface area contributed by atoms with E-state index in [9.17, 15) is 0 Å². The van der Waals surface area contributed by atoms with Gasteiger partial charge >= 0.3 is 0 Å². The molecule has 0 amide bonds. The lowest BCUT2D eigenvalue weighted by molar-refractivity contribution is 0.208. The van der Waals surface area contributed by atoms with Crippen molar-refractivity contribution in [3.63, 3.8) is 0 Å². The molecule has 5 heteroatoms. The van der Waals surface area contributed by atoms with Crippen molar-refractivity contribution < 1.29 is 4.74 Å². The van der Waals surface area contributed by atoms with E-state index in [0.29, 0.717) is 12.5 Å². The molecule has 0 aliphatic heterocycles. The highest BCUT2D eigenvalue weighted by atomic mass is 32.1. The fourth-order valence-electron chi connectivity index (χ4n) is 3.22. The van der Waals surface area contributed by atoms with E-state index in [1.807, 2.05) is 37.7 Å². The summed E-state index contributed by atoms with van der Waals surface area (Å²) in [5, 5.41) is 0. The van der Waals surface area contributed by atoms with Crippen LogP contribution in [0.3, 0.4) is 0 Å². The SMILES string of the molecule is Cc1cc(-c2ccc(OC[C@@](C)(N)CC(C)C)c3ncsc23)ccn1. The minimum atomic E-state index is -0.350. The largest absolute Gasteiger partial charge is 0.489 e. The zero-order valence-electron chi connectivity index (χ0n) is 15.2. The Morgan fingerprint density at radius 1 is 1.24 bits per heavy atom. The Balaban J connectivity index is 1.90. The molecule has 0 spiro atoms. The summed E-state index contributed by atoms with van der Waals surface area (Å²) in [5.41, 5.74) is 12.1. The molecule has 0 aliphatic carbocycles. The van der Waals surface area contributed by atoms with Crippen molar-refractivity contribution in [2.24, 2.45) is 11.7 Å². The molecule has 0 saturated carbocycles. The summed E-state index contributed by atoms with van der Waals surface area (Å²) in [6, 6.07) is 8.22. The van der Waals surface area contributed by atoms with Crippen LogP contribution in [0.15, 0.2) is 36.0 Å². The number of thiazole rings is 1. The first-order valence-corrected chi connectivity index (χ1v) is 9.44. The third-order valence-electron chi connectivity index (χ3n) is 4.09. The Hall–Kier alpha value is -1.98. The summed E-state index contributed by atoms with van der Waals surface area (Å²) >= 11 is 1.63. The Morgan fingerprint density at radius 3 is 2.76 bits per heavy atom. The van der Waals surface area contributed by atoms with Crippen molar-refractivity contribution in [3.8, 4) is 16.9 Å². The molecule has 3 aromatic rings. The predicted octanol–water partition coefficient (Wildman–Crippen LogP) is 4.81. The number of aromatic nitrogens is 2. The number of hydrogen-bond donors (Lipinski definition) is 1. The van der Waals surface area contributed by atoms with Crippen molar-refractivity contribution in [1.29, 1.82) is 0 Å². The number of fused-ring (bicyclic) bond motifs is 1. The average molecular weight is 356 g/mol. The van der Waals surface area contributed by atoms with Gasteiger partial charge in [-0.1, -0.05) is 13.8 Å². The van der Waals surface area contributed by atoms with Gasteiger partial charge in [-0.15, -0.1) is 11.3 Å². The molecule has 0 aliphatic rings. The lowest BCUT2D eigenvalue weighted by Crippen LogP contribution is -2.43. The third kappa shape index (κ3) is 4.17. The lowest BCUT2D eigenvalue weighted by Gasteiger charge is -2.26. The molecule has 0 bridgehead atoms. The molecule has 0 radical (unpaired) electrons. The molecule has 132 valence electrons. The minimum absolute atomic E-state index is 0.350. The van der Waals surface area contributed by atoms with Gasteiger partial charge in [0.15, 0.2) is 0 Å². The molecular formula is C20H25N3OS. The van der Waals surface area contributed by atoms with E-state index < -0.39 is 0 Å². The van der Waals surface area contributed by atoms with Crippen LogP contribution >= 0.6 is 11.3 Å².